The molecule has 2 heterocycles. The van der Waals surface area contributed by atoms with E-state index in [9.17, 15) is 19.5 Å². The number of carbonyl (C=O) groups is 3. The van der Waals surface area contributed by atoms with Gasteiger partial charge < -0.3 is 20.6 Å². The third-order valence-electron chi connectivity index (χ3n) is 4.61. The zero-order chi connectivity index (χ0) is 17.1. The first kappa shape index (κ1) is 17.5. The standard InChI is InChI=1S/C14H23N5O4/c1-8(20)11(15)14(23)19-5-3-10(7-19)13(22)18-4-2-9(6-18)12(21)17-16/h8-11,16,20H,2-7,15H2,1H3/t8-,9-,10+,11+/m1/s1. The number of hydrogen-bond donors (Lipinski definition) is 3. The van der Waals surface area contributed by atoms with Crippen LogP contribution in [0.4, 0.5) is 0 Å². The number of rotatable bonds is 4. The summed E-state index contributed by atoms with van der Waals surface area (Å²) < 4.78 is 0. The molecule has 0 aromatic carbocycles. The Morgan fingerprint density at radius 3 is 2.35 bits per heavy atom. The fourth-order valence-electron chi connectivity index (χ4n) is 3.09. The Morgan fingerprint density at radius 2 is 1.74 bits per heavy atom. The maximum absolute atomic E-state index is 12.5. The maximum atomic E-state index is 12.5. The Labute approximate surface area is 134 Å². The van der Waals surface area contributed by atoms with Crippen LogP contribution >= 0.6 is 0 Å². The van der Waals surface area contributed by atoms with Crippen LogP contribution in [0, 0.1) is 17.4 Å². The van der Waals surface area contributed by atoms with Crippen LogP contribution in [0.5, 0.6) is 0 Å². The number of likely N-dealkylation sites (tertiary alicyclic amines) is 2. The number of amides is 3. The van der Waals surface area contributed by atoms with Crippen LogP contribution in [-0.4, -0.2) is 71.0 Å². The summed E-state index contributed by atoms with van der Waals surface area (Å²) in [6.07, 6.45) is 0.140. The Kier molecular flexibility index (Phi) is 5.42. The SMILES string of the molecule is C[C@@H](O)[C@H](N)C(=O)N1CC[C@H](C(=O)N2CC[C@@H](C(=O)N=N)C2)C1. The van der Waals surface area contributed by atoms with Gasteiger partial charge in [-0.15, -0.1) is 5.11 Å². The average molecular weight is 325 g/mol. The highest BCUT2D eigenvalue weighted by molar-refractivity contribution is 5.86. The molecular formula is C14H23N5O4. The van der Waals surface area contributed by atoms with Gasteiger partial charge in [-0.1, -0.05) is 0 Å². The highest BCUT2D eigenvalue weighted by atomic mass is 16.3. The molecule has 2 fully saturated rings. The first-order valence-electron chi connectivity index (χ1n) is 7.77. The summed E-state index contributed by atoms with van der Waals surface area (Å²) in [4.78, 5) is 39.1. The van der Waals surface area contributed by atoms with Gasteiger partial charge in [-0.3, -0.25) is 14.4 Å². The van der Waals surface area contributed by atoms with Crippen molar-refractivity contribution in [1.29, 1.82) is 5.53 Å². The van der Waals surface area contributed by atoms with E-state index in [1.807, 2.05) is 0 Å². The lowest BCUT2D eigenvalue weighted by Crippen LogP contribution is -2.48. The number of nitrogens with two attached hydrogens (primary N) is 1. The number of carbonyl (C=O) groups excluding carboxylic acids is 3. The summed E-state index contributed by atoms with van der Waals surface area (Å²) in [5, 5.41) is 12.3. The molecule has 23 heavy (non-hydrogen) atoms. The molecule has 0 bridgehead atoms. The first-order valence-corrected chi connectivity index (χ1v) is 7.77. The Bertz CT molecular complexity index is 509. The van der Waals surface area contributed by atoms with Crippen molar-refractivity contribution in [3.8, 4) is 0 Å². The minimum atomic E-state index is -0.976. The van der Waals surface area contributed by atoms with Crippen molar-refractivity contribution >= 4 is 17.7 Å². The lowest BCUT2D eigenvalue weighted by Gasteiger charge is -2.23. The second kappa shape index (κ2) is 7.14. The van der Waals surface area contributed by atoms with Gasteiger partial charge in [-0.05, 0) is 19.8 Å². The molecule has 2 rings (SSSR count). The molecule has 9 nitrogen and oxygen atoms in total. The van der Waals surface area contributed by atoms with Gasteiger partial charge in [-0.2, -0.15) is 0 Å². The summed E-state index contributed by atoms with van der Waals surface area (Å²) in [5.74, 6) is -1.61. The fourth-order valence-corrected chi connectivity index (χ4v) is 3.09. The topological polar surface area (TPSA) is 140 Å². The monoisotopic (exact) mass is 325 g/mol. The number of aliphatic hydroxyl groups is 1. The minimum Gasteiger partial charge on any atom is -0.391 e. The van der Waals surface area contributed by atoms with E-state index >= 15 is 0 Å². The third-order valence-corrected chi connectivity index (χ3v) is 4.61. The number of nitrogens with zero attached hydrogens (tertiary/aromatic N) is 3. The van der Waals surface area contributed by atoms with Gasteiger partial charge >= 0.3 is 0 Å². The molecule has 2 saturated heterocycles. The van der Waals surface area contributed by atoms with Gasteiger partial charge in [0.15, 0.2) is 0 Å². The second-order valence-electron chi connectivity index (χ2n) is 6.26. The molecular weight excluding hydrogens is 302 g/mol. The van der Waals surface area contributed by atoms with Crippen LogP contribution in [-0.2, 0) is 14.4 Å². The summed E-state index contributed by atoms with van der Waals surface area (Å²) >= 11 is 0. The Hall–Kier alpha value is -1.87. The second-order valence-corrected chi connectivity index (χ2v) is 6.26. The smallest absolute Gasteiger partial charge is 0.268 e. The lowest BCUT2D eigenvalue weighted by molar-refractivity contribution is -0.136. The van der Waals surface area contributed by atoms with Gasteiger partial charge in [0.1, 0.15) is 6.04 Å². The molecule has 0 saturated carbocycles. The predicted octanol–water partition coefficient (Wildman–Crippen LogP) is -1.05. The molecule has 9 heteroatoms. The van der Waals surface area contributed by atoms with Gasteiger partial charge in [0.25, 0.3) is 5.91 Å². The molecule has 0 aromatic rings. The molecule has 0 unspecified atom stereocenters. The van der Waals surface area contributed by atoms with Crippen LogP contribution < -0.4 is 5.73 Å². The van der Waals surface area contributed by atoms with Gasteiger partial charge in [0.05, 0.1) is 17.9 Å². The maximum Gasteiger partial charge on any atom is 0.268 e. The third kappa shape index (κ3) is 3.73. The van der Waals surface area contributed by atoms with E-state index in [1.165, 1.54) is 11.8 Å². The normalized spacial score (nSPS) is 26.9. The van der Waals surface area contributed by atoms with Crippen LogP contribution in [0.3, 0.4) is 0 Å². The highest BCUT2D eigenvalue weighted by Crippen LogP contribution is 2.24. The van der Waals surface area contributed by atoms with Crippen LogP contribution in [0.25, 0.3) is 0 Å². The molecule has 3 amide bonds. The van der Waals surface area contributed by atoms with Crippen LogP contribution in [0.1, 0.15) is 19.8 Å². The largest absolute Gasteiger partial charge is 0.391 e. The van der Waals surface area contributed by atoms with Crippen molar-refractivity contribution < 1.29 is 19.5 Å². The molecule has 128 valence electrons. The number of hydrogen-bond acceptors (Lipinski definition) is 6. The molecule has 2 aliphatic rings. The fraction of sp³-hybridized carbons (Fsp3) is 0.786. The van der Waals surface area contributed by atoms with Crippen molar-refractivity contribution in [2.24, 2.45) is 22.7 Å². The lowest BCUT2D eigenvalue weighted by atomic mass is 10.1. The molecule has 0 spiro atoms. The van der Waals surface area contributed by atoms with Gasteiger partial charge in [0, 0.05) is 26.2 Å². The van der Waals surface area contributed by atoms with E-state index in [0.29, 0.717) is 25.9 Å². The Morgan fingerprint density at radius 1 is 1.17 bits per heavy atom. The van der Waals surface area contributed by atoms with Crippen molar-refractivity contribution in [1.82, 2.24) is 9.80 Å². The van der Waals surface area contributed by atoms with Crippen molar-refractivity contribution in [2.75, 3.05) is 26.2 Å². The summed E-state index contributed by atoms with van der Waals surface area (Å²) in [6.45, 7) is 2.95. The van der Waals surface area contributed by atoms with E-state index in [-0.39, 0.29) is 36.7 Å². The van der Waals surface area contributed by atoms with Crippen molar-refractivity contribution in [3.63, 3.8) is 0 Å². The highest BCUT2D eigenvalue weighted by Gasteiger charge is 2.39. The first-order chi connectivity index (χ1) is 10.8. The van der Waals surface area contributed by atoms with Crippen molar-refractivity contribution in [3.05, 3.63) is 0 Å². The van der Waals surface area contributed by atoms with E-state index in [2.05, 4.69) is 5.11 Å². The number of aliphatic hydroxyl groups excluding tert-OH is 1. The molecule has 0 aliphatic carbocycles. The minimum absolute atomic E-state index is 0.0776. The molecule has 0 radical (unpaired) electrons. The molecule has 0 aromatic heterocycles. The van der Waals surface area contributed by atoms with Crippen molar-refractivity contribution in [2.45, 2.75) is 31.9 Å². The summed E-state index contributed by atoms with van der Waals surface area (Å²) in [6, 6.07) is -0.976. The average Bonchev–Trinajstić information content (AvgIpc) is 3.21. The van der Waals surface area contributed by atoms with Gasteiger partial charge in [-0.25, -0.2) is 5.53 Å². The molecule has 4 atom stereocenters. The number of nitrogens with one attached hydrogen (secondary N) is 1. The van der Waals surface area contributed by atoms with E-state index in [4.69, 9.17) is 11.3 Å². The summed E-state index contributed by atoms with van der Waals surface area (Å²) in [7, 11) is 0. The molecule has 2 aliphatic heterocycles. The van der Waals surface area contributed by atoms with E-state index < -0.39 is 18.1 Å². The van der Waals surface area contributed by atoms with Gasteiger partial charge in [0.2, 0.25) is 11.8 Å². The quantitative estimate of drug-likeness (QED) is 0.566. The predicted molar refractivity (Wildman–Crippen MR) is 79.2 cm³/mol. The summed E-state index contributed by atoms with van der Waals surface area (Å²) in [5.41, 5.74) is 12.4. The molecule has 4 N–H and O–H groups in total. The van der Waals surface area contributed by atoms with Crippen LogP contribution in [0.15, 0.2) is 5.11 Å². The Balaban J connectivity index is 1.89. The van der Waals surface area contributed by atoms with E-state index in [0.717, 1.165) is 0 Å². The zero-order valence-corrected chi connectivity index (χ0v) is 13.1. The van der Waals surface area contributed by atoms with E-state index in [1.54, 1.807) is 4.90 Å². The zero-order valence-electron chi connectivity index (χ0n) is 13.1. The van der Waals surface area contributed by atoms with Crippen LogP contribution in [0.2, 0.25) is 0 Å².